The number of hydrogen-bond donors (Lipinski definition) is 1. The quantitative estimate of drug-likeness (QED) is 0.790. The molecule has 17 heavy (non-hydrogen) atoms. The normalized spacial score (nSPS) is 35.2. The number of nitrogens with zero attached hydrogens (tertiary/aromatic N) is 1. The molecule has 3 fully saturated rings. The highest BCUT2D eigenvalue weighted by Gasteiger charge is 2.46. The molecule has 3 rings (SSSR count). The van der Waals surface area contributed by atoms with E-state index < -0.39 is 0 Å². The van der Waals surface area contributed by atoms with Crippen LogP contribution >= 0.6 is 0 Å². The molecule has 1 amide bonds. The van der Waals surface area contributed by atoms with Crippen molar-refractivity contribution < 1.29 is 4.79 Å². The van der Waals surface area contributed by atoms with Crippen molar-refractivity contribution in [1.82, 2.24) is 10.2 Å². The first-order valence-corrected chi connectivity index (χ1v) is 7.25. The average molecular weight is 236 g/mol. The zero-order valence-electron chi connectivity index (χ0n) is 10.9. The number of hydrogen-bond acceptors (Lipinski definition) is 2. The van der Waals surface area contributed by atoms with Gasteiger partial charge < -0.3 is 10.2 Å². The van der Waals surface area contributed by atoms with Crippen LogP contribution in [0.4, 0.5) is 0 Å². The second-order valence-corrected chi connectivity index (χ2v) is 6.23. The van der Waals surface area contributed by atoms with Crippen molar-refractivity contribution in [2.24, 2.45) is 17.3 Å². The van der Waals surface area contributed by atoms with Gasteiger partial charge in [0.15, 0.2) is 0 Å². The molecular weight excluding hydrogens is 212 g/mol. The van der Waals surface area contributed by atoms with Gasteiger partial charge in [0, 0.05) is 31.6 Å². The minimum Gasteiger partial charge on any atom is -0.342 e. The highest BCUT2D eigenvalue weighted by Crippen LogP contribution is 2.43. The predicted molar refractivity (Wildman–Crippen MR) is 67.6 cm³/mol. The Morgan fingerprint density at radius 1 is 1.24 bits per heavy atom. The zero-order chi connectivity index (χ0) is 11.9. The van der Waals surface area contributed by atoms with Crippen molar-refractivity contribution in [3.05, 3.63) is 0 Å². The Bertz CT molecular complexity index is 297. The molecule has 3 heteroatoms. The minimum atomic E-state index is 0.0199. The Balaban J connectivity index is 1.70. The van der Waals surface area contributed by atoms with E-state index in [2.05, 4.69) is 17.1 Å². The molecule has 1 N–H and O–H groups in total. The van der Waals surface area contributed by atoms with Gasteiger partial charge in [-0.1, -0.05) is 19.8 Å². The molecule has 3 nitrogen and oxygen atoms in total. The molecular formula is C14H24N2O. The summed E-state index contributed by atoms with van der Waals surface area (Å²) < 4.78 is 0. The molecule has 0 aromatic heterocycles. The monoisotopic (exact) mass is 236 g/mol. The van der Waals surface area contributed by atoms with E-state index >= 15 is 0 Å². The van der Waals surface area contributed by atoms with E-state index in [0.29, 0.717) is 5.91 Å². The maximum atomic E-state index is 12.7. The van der Waals surface area contributed by atoms with Crippen LogP contribution in [0, 0.1) is 17.3 Å². The van der Waals surface area contributed by atoms with Crippen molar-refractivity contribution in [2.75, 3.05) is 26.2 Å². The fourth-order valence-corrected chi connectivity index (χ4v) is 4.13. The van der Waals surface area contributed by atoms with Gasteiger partial charge in [-0.15, -0.1) is 0 Å². The van der Waals surface area contributed by atoms with Crippen LogP contribution in [0.25, 0.3) is 0 Å². The largest absolute Gasteiger partial charge is 0.342 e. The van der Waals surface area contributed by atoms with Crippen LogP contribution in [0.2, 0.25) is 0 Å². The van der Waals surface area contributed by atoms with Gasteiger partial charge in [0.05, 0.1) is 0 Å². The third-order valence-electron chi connectivity index (χ3n) is 5.37. The van der Waals surface area contributed by atoms with E-state index in [1.165, 1.54) is 12.8 Å². The summed E-state index contributed by atoms with van der Waals surface area (Å²) in [6.07, 6.45) is 5.80. The minimum absolute atomic E-state index is 0.0199. The van der Waals surface area contributed by atoms with E-state index in [1.54, 1.807) is 0 Å². The van der Waals surface area contributed by atoms with Crippen LogP contribution in [0.5, 0.6) is 0 Å². The molecule has 2 aliphatic heterocycles. The Labute approximate surface area is 104 Å². The molecule has 2 atom stereocenters. The summed E-state index contributed by atoms with van der Waals surface area (Å²) in [6.45, 7) is 6.46. The molecule has 96 valence electrons. The molecule has 1 aliphatic carbocycles. The van der Waals surface area contributed by atoms with Gasteiger partial charge in [-0.05, 0) is 31.1 Å². The summed E-state index contributed by atoms with van der Waals surface area (Å²) >= 11 is 0. The number of likely N-dealkylation sites (tertiary alicyclic amines) is 1. The standard InChI is InChI=1S/C14H24N2O/c1-2-14(5-3-4-6-14)13(17)16-9-11-7-15-8-12(11)10-16/h11-12,15H,2-10H2,1H3. The molecule has 0 aromatic rings. The number of carbonyl (C=O) groups is 1. The third kappa shape index (κ3) is 1.79. The van der Waals surface area contributed by atoms with Crippen molar-refractivity contribution in [2.45, 2.75) is 39.0 Å². The third-order valence-corrected chi connectivity index (χ3v) is 5.37. The fourth-order valence-electron chi connectivity index (χ4n) is 4.13. The lowest BCUT2D eigenvalue weighted by molar-refractivity contribution is -0.141. The second-order valence-electron chi connectivity index (χ2n) is 6.23. The number of rotatable bonds is 2. The van der Waals surface area contributed by atoms with Gasteiger partial charge in [0.25, 0.3) is 0 Å². The lowest BCUT2D eigenvalue weighted by atomic mass is 9.82. The first-order chi connectivity index (χ1) is 8.25. The smallest absolute Gasteiger partial charge is 0.228 e. The Morgan fingerprint density at radius 2 is 1.82 bits per heavy atom. The van der Waals surface area contributed by atoms with Crippen LogP contribution in [-0.2, 0) is 4.79 Å². The molecule has 0 aromatic carbocycles. The Kier molecular flexibility index (Phi) is 2.89. The lowest BCUT2D eigenvalue weighted by Crippen LogP contribution is -2.42. The van der Waals surface area contributed by atoms with E-state index in [4.69, 9.17) is 0 Å². The summed E-state index contributed by atoms with van der Waals surface area (Å²) in [5.74, 6) is 1.94. The molecule has 0 bridgehead atoms. The van der Waals surface area contributed by atoms with Gasteiger partial charge in [-0.25, -0.2) is 0 Å². The molecule has 3 aliphatic rings. The van der Waals surface area contributed by atoms with Crippen LogP contribution in [0.1, 0.15) is 39.0 Å². The van der Waals surface area contributed by atoms with E-state index in [0.717, 1.165) is 57.3 Å². The SMILES string of the molecule is CCC1(C(=O)N2CC3CNCC3C2)CCCC1. The number of nitrogens with one attached hydrogen (secondary N) is 1. The van der Waals surface area contributed by atoms with Crippen molar-refractivity contribution in [3.63, 3.8) is 0 Å². The Morgan fingerprint density at radius 3 is 2.35 bits per heavy atom. The summed E-state index contributed by atoms with van der Waals surface area (Å²) in [4.78, 5) is 14.9. The zero-order valence-corrected chi connectivity index (χ0v) is 10.9. The van der Waals surface area contributed by atoms with Gasteiger partial charge in [0.1, 0.15) is 0 Å². The highest BCUT2D eigenvalue weighted by molar-refractivity contribution is 5.83. The van der Waals surface area contributed by atoms with E-state index in [1.807, 2.05) is 0 Å². The van der Waals surface area contributed by atoms with Crippen molar-refractivity contribution in [1.29, 1.82) is 0 Å². The summed E-state index contributed by atoms with van der Waals surface area (Å²) in [6, 6.07) is 0. The molecule has 2 heterocycles. The predicted octanol–water partition coefficient (Wildman–Crippen LogP) is 1.63. The average Bonchev–Trinajstić information content (AvgIpc) is 3.03. The van der Waals surface area contributed by atoms with Gasteiger partial charge >= 0.3 is 0 Å². The van der Waals surface area contributed by atoms with Gasteiger partial charge in [-0.3, -0.25) is 4.79 Å². The second kappa shape index (κ2) is 4.27. The number of carbonyl (C=O) groups excluding carboxylic acids is 1. The summed E-state index contributed by atoms with van der Waals surface area (Å²) in [5, 5.41) is 3.44. The van der Waals surface area contributed by atoms with E-state index in [9.17, 15) is 4.79 Å². The maximum absolute atomic E-state index is 12.7. The molecule has 0 spiro atoms. The highest BCUT2D eigenvalue weighted by atomic mass is 16.2. The fraction of sp³-hybridized carbons (Fsp3) is 0.929. The molecule has 2 saturated heterocycles. The van der Waals surface area contributed by atoms with Crippen molar-refractivity contribution in [3.8, 4) is 0 Å². The van der Waals surface area contributed by atoms with E-state index in [-0.39, 0.29) is 5.41 Å². The topological polar surface area (TPSA) is 32.3 Å². The maximum Gasteiger partial charge on any atom is 0.228 e. The van der Waals surface area contributed by atoms with Crippen LogP contribution < -0.4 is 5.32 Å². The number of amides is 1. The van der Waals surface area contributed by atoms with Crippen LogP contribution in [0.15, 0.2) is 0 Å². The number of fused-ring (bicyclic) bond motifs is 1. The molecule has 0 radical (unpaired) electrons. The first-order valence-electron chi connectivity index (χ1n) is 7.25. The van der Waals surface area contributed by atoms with Crippen molar-refractivity contribution >= 4 is 5.91 Å². The lowest BCUT2D eigenvalue weighted by Gasteiger charge is -2.31. The summed E-state index contributed by atoms with van der Waals surface area (Å²) in [7, 11) is 0. The van der Waals surface area contributed by atoms with Crippen LogP contribution in [-0.4, -0.2) is 37.0 Å². The molecule has 2 unspecified atom stereocenters. The molecule has 1 saturated carbocycles. The Hall–Kier alpha value is -0.570. The van der Waals surface area contributed by atoms with Gasteiger partial charge in [-0.2, -0.15) is 0 Å². The first kappa shape index (κ1) is 11.5. The summed E-state index contributed by atoms with van der Waals surface area (Å²) in [5.41, 5.74) is 0.0199. The van der Waals surface area contributed by atoms with Crippen LogP contribution in [0.3, 0.4) is 0 Å². The van der Waals surface area contributed by atoms with Gasteiger partial charge in [0.2, 0.25) is 5.91 Å².